The third-order valence-electron chi connectivity index (χ3n) is 1.32. The lowest BCUT2D eigenvalue weighted by atomic mass is 10.1. The number of esters is 1. The maximum atomic E-state index is 11.1. The van der Waals surface area contributed by atoms with Crippen molar-refractivity contribution in [2.45, 2.75) is 26.7 Å². The van der Waals surface area contributed by atoms with Crippen molar-refractivity contribution in [3.8, 4) is 0 Å². The van der Waals surface area contributed by atoms with Gasteiger partial charge in [0, 0.05) is 6.42 Å². The fourth-order valence-electron chi connectivity index (χ4n) is 0.767. The molecule has 1 N–H and O–H groups in total. The summed E-state index contributed by atoms with van der Waals surface area (Å²) in [6, 6.07) is 0. The van der Waals surface area contributed by atoms with E-state index in [4.69, 9.17) is 5.53 Å². The van der Waals surface area contributed by atoms with Crippen molar-refractivity contribution in [1.82, 2.24) is 0 Å². The van der Waals surface area contributed by atoms with E-state index in [1.54, 1.807) is 6.92 Å². The van der Waals surface area contributed by atoms with Gasteiger partial charge in [-0.3, -0.25) is 4.79 Å². The van der Waals surface area contributed by atoms with Crippen molar-refractivity contribution in [2.75, 3.05) is 6.61 Å². The van der Waals surface area contributed by atoms with Crippen LogP contribution in [0.4, 0.5) is 0 Å². The topological polar surface area (TPSA) is 81.3 Å². The average Bonchev–Trinajstić information content (AvgIpc) is 2.06. The van der Waals surface area contributed by atoms with Gasteiger partial charge in [0.2, 0.25) is 0 Å². The van der Waals surface area contributed by atoms with Gasteiger partial charge in [-0.1, -0.05) is 6.92 Å². The SMILES string of the molecule is CCCC(=O)C(=[N+]=N)C(=O)OCC. The van der Waals surface area contributed by atoms with E-state index in [0.717, 1.165) is 0 Å². The quantitative estimate of drug-likeness (QED) is 0.224. The lowest BCUT2D eigenvalue weighted by molar-refractivity contribution is -0.156. The zero-order chi connectivity index (χ0) is 10.3. The molecule has 0 saturated heterocycles. The molecule has 13 heavy (non-hydrogen) atoms. The first-order valence-corrected chi connectivity index (χ1v) is 4.12. The first-order chi connectivity index (χ1) is 6.17. The Hall–Kier alpha value is -1.48. The highest BCUT2D eigenvalue weighted by Crippen LogP contribution is 1.92. The Balaban J connectivity index is 4.44. The molecule has 0 fully saturated rings. The van der Waals surface area contributed by atoms with E-state index in [1.165, 1.54) is 0 Å². The third kappa shape index (κ3) is 3.62. The van der Waals surface area contributed by atoms with E-state index in [1.807, 2.05) is 6.92 Å². The predicted octanol–water partition coefficient (Wildman–Crippen LogP) is 0.599. The molecule has 0 rings (SSSR count). The van der Waals surface area contributed by atoms with Crippen LogP contribution in [0.15, 0.2) is 0 Å². The number of hydrogen-bond acceptors (Lipinski definition) is 4. The van der Waals surface area contributed by atoms with Gasteiger partial charge < -0.3 is 4.74 Å². The minimum atomic E-state index is -0.809. The second-order valence-electron chi connectivity index (χ2n) is 2.35. The molecule has 0 amide bonds. The van der Waals surface area contributed by atoms with Gasteiger partial charge in [0.15, 0.2) is 0 Å². The molecule has 0 aliphatic heterocycles. The third-order valence-corrected chi connectivity index (χ3v) is 1.32. The van der Waals surface area contributed by atoms with Crippen LogP contribution in [0.25, 0.3) is 0 Å². The monoisotopic (exact) mass is 185 g/mol. The highest BCUT2D eigenvalue weighted by Gasteiger charge is 2.32. The smallest absolute Gasteiger partial charge is 0.457 e. The standard InChI is InChI=1S/C8H13N2O3/c1-3-5-6(11)7(10-9)8(12)13-4-2/h9H,3-5H2,1-2H3/q+1. The summed E-state index contributed by atoms with van der Waals surface area (Å²) in [6.07, 6.45) is 0.841. The van der Waals surface area contributed by atoms with Gasteiger partial charge in [-0.05, 0) is 13.3 Å². The molecule has 0 aliphatic carbocycles. The van der Waals surface area contributed by atoms with Crippen LogP contribution < -0.4 is 0 Å². The van der Waals surface area contributed by atoms with Crippen LogP contribution >= 0.6 is 0 Å². The fourth-order valence-corrected chi connectivity index (χ4v) is 0.767. The number of ether oxygens (including phenoxy) is 1. The molecule has 0 aromatic rings. The zero-order valence-corrected chi connectivity index (χ0v) is 7.79. The van der Waals surface area contributed by atoms with E-state index in [-0.39, 0.29) is 13.0 Å². The minimum absolute atomic E-state index is 0.178. The van der Waals surface area contributed by atoms with Gasteiger partial charge in [-0.25, -0.2) is 4.79 Å². The Bertz CT molecular complexity index is 234. The van der Waals surface area contributed by atoms with Crippen LogP contribution in [0, 0.1) is 5.53 Å². The molecule has 5 nitrogen and oxygen atoms in total. The molecule has 5 heteroatoms. The zero-order valence-electron chi connectivity index (χ0n) is 7.79. The Morgan fingerprint density at radius 2 is 2.00 bits per heavy atom. The maximum Gasteiger partial charge on any atom is 0.490 e. The van der Waals surface area contributed by atoms with Crippen LogP contribution in [0.3, 0.4) is 0 Å². The number of carbonyl (C=O) groups is 2. The van der Waals surface area contributed by atoms with Gasteiger partial charge in [0.05, 0.1) is 16.9 Å². The summed E-state index contributed by atoms with van der Waals surface area (Å²) in [7, 11) is 0. The van der Waals surface area contributed by atoms with E-state index in [2.05, 4.69) is 9.53 Å². The molecule has 0 radical (unpaired) electrons. The summed E-state index contributed by atoms with van der Waals surface area (Å²) in [5.41, 5.74) is 6.23. The Kier molecular flexibility index (Phi) is 5.39. The second kappa shape index (κ2) is 6.08. The Morgan fingerprint density at radius 1 is 1.38 bits per heavy atom. The van der Waals surface area contributed by atoms with Crippen molar-refractivity contribution < 1.29 is 19.1 Å². The van der Waals surface area contributed by atoms with Crippen molar-refractivity contribution in [1.29, 1.82) is 5.53 Å². The van der Waals surface area contributed by atoms with Crippen molar-refractivity contribution in [2.24, 2.45) is 0 Å². The van der Waals surface area contributed by atoms with E-state index < -0.39 is 17.5 Å². The molecule has 0 aromatic carbocycles. The fraction of sp³-hybridized carbons (Fsp3) is 0.625. The molecule has 0 aliphatic rings. The van der Waals surface area contributed by atoms with Gasteiger partial charge in [-0.15, -0.1) is 0 Å². The molecule has 0 heterocycles. The van der Waals surface area contributed by atoms with Crippen molar-refractivity contribution in [3.05, 3.63) is 0 Å². The van der Waals surface area contributed by atoms with Crippen molar-refractivity contribution in [3.63, 3.8) is 0 Å². The summed E-state index contributed by atoms with van der Waals surface area (Å²) < 4.78 is 4.55. The van der Waals surface area contributed by atoms with Gasteiger partial charge >= 0.3 is 11.7 Å². The van der Waals surface area contributed by atoms with Crippen LogP contribution in [-0.2, 0) is 14.3 Å². The molecule has 0 atom stereocenters. The first kappa shape index (κ1) is 11.5. The Morgan fingerprint density at radius 3 is 2.38 bits per heavy atom. The minimum Gasteiger partial charge on any atom is -0.457 e. The van der Waals surface area contributed by atoms with Crippen LogP contribution in [0.2, 0.25) is 0 Å². The second-order valence-corrected chi connectivity index (χ2v) is 2.35. The molecule has 0 bridgehead atoms. The molecule has 0 unspecified atom stereocenters. The lowest BCUT2D eigenvalue weighted by Gasteiger charge is -1.93. The first-order valence-electron chi connectivity index (χ1n) is 4.12. The Labute approximate surface area is 76.3 Å². The summed E-state index contributed by atoms with van der Waals surface area (Å²) in [4.78, 5) is 25.0. The van der Waals surface area contributed by atoms with Crippen molar-refractivity contribution >= 4 is 17.5 Å². The van der Waals surface area contributed by atoms with Crippen LogP contribution in [-0.4, -0.2) is 28.9 Å². The summed E-state index contributed by atoms with van der Waals surface area (Å²) in [5.74, 6) is -1.24. The lowest BCUT2D eigenvalue weighted by Crippen LogP contribution is -2.27. The summed E-state index contributed by atoms with van der Waals surface area (Å²) in [6.45, 7) is 3.62. The highest BCUT2D eigenvalue weighted by atomic mass is 16.5. The maximum absolute atomic E-state index is 11.1. The molecular weight excluding hydrogens is 172 g/mol. The van der Waals surface area contributed by atoms with E-state index in [9.17, 15) is 9.59 Å². The molecule has 0 spiro atoms. The average molecular weight is 185 g/mol. The molecular formula is C8H13N2O3+. The highest BCUT2D eigenvalue weighted by molar-refractivity contribution is 6.62. The molecule has 0 saturated carbocycles. The van der Waals surface area contributed by atoms with Gasteiger partial charge in [0.25, 0.3) is 5.78 Å². The summed E-state index contributed by atoms with van der Waals surface area (Å²) >= 11 is 0. The van der Waals surface area contributed by atoms with Crippen LogP contribution in [0.1, 0.15) is 26.7 Å². The van der Waals surface area contributed by atoms with Gasteiger partial charge in [-0.2, -0.15) is 0 Å². The van der Waals surface area contributed by atoms with E-state index in [0.29, 0.717) is 6.42 Å². The number of Topliss-reactive ketones (excluding diaryl/α,β-unsaturated/α-hetero) is 1. The normalized spacial score (nSPS) is 8.77. The number of nitrogens with zero attached hydrogens (tertiary/aromatic N) is 1. The molecule has 72 valence electrons. The van der Waals surface area contributed by atoms with Crippen LogP contribution in [0.5, 0.6) is 0 Å². The number of ketones is 1. The largest absolute Gasteiger partial charge is 0.490 e. The number of hydrogen-bond donors (Lipinski definition) is 1. The summed E-state index contributed by atoms with van der Waals surface area (Å²) in [5, 5.41) is 0. The molecule has 0 aromatic heterocycles. The van der Waals surface area contributed by atoms with E-state index >= 15 is 0 Å². The van der Waals surface area contributed by atoms with Gasteiger partial charge in [0.1, 0.15) is 0 Å². The number of nitrogens with one attached hydrogen (secondary N) is 1. The number of carbonyl (C=O) groups excluding carboxylic acids is 2. The number of rotatable bonds is 5. The predicted molar refractivity (Wildman–Crippen MR) is 44.5 cm³/mol.